The molecule has 2 aromatic heterocycles. The molecule has 0 aliphatic rings. The fourth-order valence-corrected chi connectivity index (χ4v) is 3.00. The average molecular weight is 419 g/mol. The number of carbonyl (C=O) groups excluding carboxylic acids is 2. The molecule has 0 bridgehead atoms. The Bertz CT molecular complexity index is 1340. The van der Waals surface area contributed by atoms with Crippen molar-refractivity contribution >= 4 is 28.8 Å². The van der Waals surface area contributed by atoms with Crippen molar-refractivity contribution in [3.05, 3.63) is 94.3 Å². The summed E-state index contributed by atoms with van der Waals surface area (Å²) in [6.45, 7) is 1.59. The second kappa shape index (κ2) is 8.23. The Labute approximate surface area is 175 Å². The molecule has 0 aliphatic heterocycles. The molecule has 0 saturated carbocycles. The Balaban J connectivity index is 1.52. The van der Waals surface area contributed by atoms with Crippen LogP contribution >= 0.6 is 0 Å². The molecular weight excluding hydrogens is 401 g/mol. The van der Waals surface area contributed by atoms with E-state index < -0.39 is 17.4 Å². The van der Waals surface area contributed by atoms with Gasteiger partial charge in [0, 0.05) is 17.6 Å². The number of carbonyl (C=O) groups is 2. The van der Waals surface area contributed by atoms with Gasteiger partial charge in [-0.2, -0.15) is 0 Å². The van der Waals surface area contributed by atoms with Crippen molar-refractivity contribution in [2.45, 2.75) is 13.5 Å². The van der Waals surface area contributed by atoms with E-state index in [0.717, 1.165) is 10.2 Å². The summed E-state index contributed by atoms with van der Waals surface area (Å²) in [7, 11) is 0. The van der Waals surface area contributed by atoms with Crippen molar-refractivity contribution in [2.24, 2.45) is 0 Å². The number of benzene rings is 2. The van der Waals surface area contributed by atoms with E-state index in [9.17, 15) is 18.8 Å². The standard InChI is InChI=1S/C22H18FN5O3/c1-14-5-8-17(9-6-14)25-21(30)15-7-10-19-26-28(22(31)27(19)12-15)13-20(29)24-18-4-2-3-16(23)11-18/h2-12H,13H2,1H3,(H,24,29)(H,25,30). The van der Waals surface area contributed by atoms with Gasteiger partial charge in [-0.3, -0.25) is 9.59 Å². The van der Waals surface area contributed by atoms with Gasteiger partial charge in [-0.05, 0) is 49.4 Å². The smallest absolute Gasteiger partial charge is 0.324 e. The van der Waals surface area contributed by atoms with Gasteiger partial charge in [0.2, 0.25) is 5.91 Å². The van der Waals surface area contributed by atoms with Crippen molar-refractivity contribution in [3.8, 4) is 0 Å². The molecule has 2 amide bonds. The zero-order valence-electron chi connectivity index (χ0n) is 16.5. The molecule has 2 heterocycles. The SMILES string of the molecule is Cc1ccc(NC(=O)c2ccc3nn(CC(=O)Nc4cccc(F)c4)c(=O)n3c2)cc1. The Morgan fingerprint density at radius 3 is 2.52 bits per heavy atom. The molecule has 0 radical (unpaired) electrons. The third kappa shape index (κ3) is 4.50. The molecule has 4 rings (SSSR count). The first-order valence-corrected chi connectivity index (χ1v) is 9.42. The molecule has 0 unspecified atom stereocenters. The van der Waals surface area contributed by atoms with E-state index in [1.165, 1.54) is 40.9 Å². The van der Waals surface area contributed by atoms with Gasteiger partial charge >= 0.3 is 5.69 Å². The van der Waals surface area contributed by atoms with Crippen molar-refractivity contribution < 1.29 is 14.0 Å². The number of pyridine rings is 1. The zero-order chi connectivity index (χ0) is 22.0. The van der Waals surface area contributed by atoms with Crippen LogP contribution in [-0.2, 0) is 11.3 Å². The number of hydrogen-bond acceptors (Lipinski definition) is 4. The van der Waals surface area contributed by atoms with E-state index in [1.54, 1.807) is 18.2 Å². The maximum Gasteiger partial charge on any atom is 0.350 e. The van der Waals surface area contributed by atoms with Gasteiger partial charge < -0.3 is 10.6 Å². The van der Waals surface area contributed by atoms with E-state index in [4.69, 9.17) is 0 Å². The lowest BCUT2D eigenvalue weighted by Crippen LogP contribution is -2.28. The van der Waals surface area contributed by atoms with Gasteiger partial charge in [0.1, 0.15) is 12.4 Å². The lowest BCUT2D eigenvalue weighted by molar-refractivity contribution is -0.117. The third-order valence-electron chi connectivity index (χ3n) is 4.55. The summed E-state index contributed by atoms with van der Waals surface area (Å²) in [6.07, 6.45) is 1.37. The fourth-order valence-electron chi connectivity index (χ4n) is 3.00. The van der Waals surface area contributed by atoms with Crippen LogP contribution in [0.4, 0.5) is 15.8 Å². The van der Waals surface area contributed by atoms with Crippen LogP contribution < -0.4 is 16.3 Å². The monoisotopic (exact) mass is 419 g/mol. The Morgan fingerprint density at radius 1 is 1.00 bits per heavy atom. The van der Waals surface area contributed by atoms with E-state index >= 15 is 0 Å². The highest BCUT2D eigenvalue weighted by atomic mass is 19.1. The van der Waals surface area contributed by atoms with Crippen molar-refractivity contribution in [1.82, 2.24) is 14.2 Å². The summed E-state index contributed by atoms with van der Waals surface area (Å²) in [5.74, 6) is -1.40. The van der Waals surface area contributed by atoms with Gasteiger partial charge in [-0.1, -0.05) is 23.8 Å². The number of aromatic nitrogens is 3. The average Bonchev–Trinajstić information content (AvgIpc) is 3.04. The molecule has 31 heavy (non-hydrogen) atoms. The van der Waals surface area contributed by atoms with Crippen molar-refractivity contribution in [3.63, 3.8) is 0 Å². The third-order valence-corrected chi connectivity index (χ3v) is 4.55. The lowest BCUT2D eigenvalue weighted by Gasteiger charge is -2.05. The Morgan fingerprint density at radius 2 is 1.77 bits per heavy atom. The number of hydrogen-bond donors (Lipinski definition) is 2. The van der Waals surface area contributed by atoms with Crippen molar-refractivity contribution in [1.29, 1.82) is 0 Å². The van der Waals surface area contributed by atoms with E-state index in [1.807, 2.05) is 19.1 Å². The quantitative estimate of drug-likeness (QED) is 0.520. The van der Waals surface area contributed by atoms with Gasteiger partial charge in [-0.25, -0.2) is 18.3 Å². The Hall–Kier alpha value is -4.27. The molecule has 4 aromatic rings. The van der Waals surface area contributed by atoms with Crippen LogP contribution in [0.5, 0.6) is 0 Å². The molecule has 156 valence electrons. The Kier molecular flexibility index (Phi) is 5.31. The number of rotatable bonds is 5. The second-order valence-corrected chi connectivity index (χ2v) is 6.96. The molecule has 9 heteroatoms. The highest BCUT2D eigenvalue weighted by Gasteiger charge is 2.14. The van der Waals surface area contributed by atoms with Gasteiger partial charge in [0.15, 0.2) is 5.65 Å². The van der Waals surface area contributed by atoms with Crippen molar-refractivity contribution in [2.75, 3.05) is 10.6 Å². The van der Waals surface area contributed by atoms with Crippen LogP contribution in [0, 0.1) is 12.7 Å². The minimum Gasteiger partial charge on any atom is -0.324 e. The number of halogens is 1. The number of fused-ring (bicyclic) bond motifs is 1. The maximum absolute atomic E-state index is 13.3. The fraction of sp³-hybridized carbons (Fsp3) is 0.0909. The van der Waals surface area contributed by atoms with E-state index in [0.29, 0.717) is 5.69 Å². The first-order valence-electron chi connectivity index (χ1n) is 9.42. The molecule has 8 nitrogen and oxygen atoms in total. The summed E-state index contributed by atoms with van der Waals surface area (Å²) >= 11 is 0. The van der Waals surface area contributed by atoms with Crippen LogP contribution in [0.1, 0.15) is 15.9 Å². The maximum atomic E-state index is 13.3. The predicted octanol–water partition coefficient (Wildman–Crippen LogP) is 2.83. The topological polar surface area (TPSA) is 97.5 Å². The molecular formula is C22H18FN5O3. The number of anilines is 2. The number of aryl methyl sites for hydroxylation is 1. The van der Waals surface area contributed by atoms with E-state index in [-0.39, 0.29) is 29.3 Å². The minimum absolute atomic E-state index is 0.263. The zero-order valence-corrected chi connectivity index (χ0v) is 16.5. The van der Waals surface area contributed by atoms with Crippen LogP contribution in [0.3, 0.4) is 0 Å². The minimum atomic E-state index is -0.575. The molecule has 0 aliphatic carbocycles. The van der Waals surface area contributed by atoms with E-state index in [2.05, 4.69) is 15.7 Å². The van der Waals surface area contributed by atoms with Gasteiger partial charge in [-0.15, -0.1) is 5.10 Å². The molecule has 0 saturated heterocycles. The molecule has 2 aromatic carbocycles. The largest absolute Gasteiger partial charge is 0.350 e. The van der Waals surface area contributed by atoms with Gasteiger partial charge in [0.25, 0.3) is 5.91 Å². The molecule has 0 atom stereocenters. The highest BCUT2D eigenvalue weighted by molar-refractivity contribution is 6.04. The molecule has 2 N–H and O–H groups in total. The lowest BCUT2D eigenvalue weighted by atomic mass is 10.2. The molecule has 0 spiro atoms. The normalized spacial score (nSPS) is 10.8. The van der Waals surface area contributed by atoms with Crippen LogP contribution in [-0.4, -0.2) is 26.0 Å². The first kappa shape index (κ1) is 20.0. The number of nitrogens with zero attached hydrogens (tertiary/aromatic N) is 3. The van der Waals surface area contributed by atoms with Crippen LogP contribution in [0.15, 0.2) is 71.7 Å². The summed E-state index contributed by atoms with van der Waals surface area (Å²) in [5.41, 5.74) is 1.95. The predicted molar refractivity (Wildman–Crippen MR) is 114 cm³/mol. The highest BCUT2D eigenvalue weighted by Crippen LogP contribution is 2.12. The molecule has 0 fully saturated rings. The second-order valence-electron chi connectivity index (χ2n) is 6.96. The van der Waals surface area contributed by atoms with Crippen LogP contribution in [0.25, 0.3) is 5.65 Å². The number of nitrogens with one attached hydrogen (secondary N) is 2. The summed E-state index contributed by atoms with van der Waals surface area (Å²) in [4.78, 5) is 37.4. The number of amides is 2. The first-order chi connectivity index (χ1) is 14.9. The van der Waals surface area contributed by atoms with Crippen LogP contribution in [0.2, 0.25) is 0 Å². The summed E-state index contributed by atoms with van der Waals surface area (Å²) in [6, 6.07) is 15.8. The summed E-state index contributed by atoms with van der Waals surface area (Å²) < 4.78 is 15.4. The summed E-state index contributed by atoms with van der Waals surface area (Å²) in [5, 5.41) is 9.38. The van der Waals surface area contributed by atoms with Gasteiger partial charge in [0.05, 0.1) is 5.56 Å².